The molecule has 2 atom stereocenters. The van der Waals surface area contributed by atoms with Gasteiger partial charge in [0.2, 0.25) is 5.91 Å². The molecular weight excluding hydrogens is 304 g/mol. The van der Waals surface area contributed by atoms with Crippen LogP contribution in [0.3, 0.4) is 0 Å². The van der Waals surface area contributed by atoms with Crippen LogP contribution in [0, 0.1) is 5.92 Å². The van der Waals surface area contributed by atoms with Gasteiger partial charge >= 0.3 is 0 Å². The van der Waals surface area contributed by atoms with Crippen molar-refractivity contribution in [1.82, 2.24) is 5.32 Å². The third-order valence-corrected chi connectivity index (χ3v) is 4.60. The highest BCUT2D eigenvalue weighted by Gasteiger charge is 2.32. The fourth-order valence-electron chi connectivity index (χ4n) is 3.32. The third kappa shape index (κ3) is 3.45. The van der Waals surface area contributed by atoms with Gasteiger partial charge in [-0.3, -0.25) is 14.4 Å². The first kappa shape index (κ1) is 16.2. The standard InChI is InChI=1S/C19H20N2O3/c20-18(23)17(14-6-3-7-16(22)11-14)21-19(24)15-9-8-12-4-1-2-5-13(12)10-15/h1-2,4-5,8-10,14,17H,3,6-7,11H2,(H2,20,23)(H,21,24)/t14-,17+/m1/s1. The predicted octanol–water partition coefficient (Wildman–Crippen LogP) is 2.18. The first-order valence-corrected chi connectivity index (χ1v) is 8.15. The predicted molar refractivity (Wildman–Crippen MR) is 91.4 cm³/mol. The number of primary amides is 1. The minimum absolute atomic E-state index is 0.123. The van der Waals surface area contributed by atoms with Crippen LogP contribution in [-0.2, 0) is 9.59 Å². The zero-order chi connectivity index (χ0) is 17.1. The first-order valence-electron chi connectivity index (χ1n) is 8.15. The number of Topliss-reactive ketones (excluding diaryl/α,β-unsaturated/α-hetero) is 1. The Kier molecular flexibility index (Phi) is 4.60. The van der Waals surface area contributed by atoms with Gasteiger partial charge in [-0.05, 0) is 41.7 Å². The van der Waals surface area contributed by atoms with E-state index in [2.05, 4.69) is 5.32 Å². The van der Waals surface area contributed by atoms with E-state index >= 15 is 0 Å². The lowest BCUT2D eigenvalue weighted by atomic mass is 9.82. The van der Waals surface area contributed by atoms with Crippen LogP contribution < -0.4 is 11.1 Å². The van der Waals surface area contributed by atoms with Crippen LogP contribution in [0.4, 0.5) is 0 Å². The molecule has 0 aromatic heterocycles. The fourth-order valence-corrected chi connectivity index (χ4v) is 3.32. The molecule has 0 aliphatic heterocycles. The minimum Gasteiger partial charge on any atom is -0.368 e. The van der Waals surface area contributed by atoms with Gasteiger partial charge in [-0.2, -0.15) is 0 Å². The van der Waals surface area contributed by atoms with Crippen molar-refractivity contribution in [1.29, 1.82) is 0 Å². The minimum atomic E-state index is -0.812. The lowest BCUT2D eigenvalue weighted by Crippen LogP contribution is -2.50. The maximum Gasteiger partial charge on any atom is 0.251 e. The summed E-state index contributed by atoms with van der Waals surface area (Å²) in [5, 5.41) is 4.71. The lowest BCUT2D eigenvalue weighted by molar-refractivity contribution is -0.124. The van der Waals surface area contributed by atoms with Crippen molar-refractivity contribution in [2.24, 2.45) is 11.7 Å². The number of ketones is 1. The van der Waals surface area contributed by atoms with Gasteiger partial charge in [-0.15, -0.1) is 0 Å². The van der Waals surface area contributed by atoms with Crippen molar-refractivity contribution < 1.29 is 14.4 Å². The summed E-state index contributed by atoms with van der Waals surface area (Å²) < 4.78 is 0. The molecule has 1 saturated carbocycles. The zero-order valence-electron chi connectivity index (χ0n) is 13.3. The van der Waals surface area contributed by atoms with E-state index < -0.39 is 11.9 Å². The maximum absolute atomic E-state index is 12.5. The Morgan fingerprint density at radius 3 is 2.58 bits per heavy atom. The fraction of sp³-hybridized carbons (Fsp3) is 0.316. The summed E-state index contributed by atoms with van der Waals surface area (Å²) in [6.45, 7) is 0. The molecule has 0 saturated heterocycles. The summed E-state index contributed by atoms with van der Waals surface area (Å²) in [6.07, 6.45) is 2.29. The molecule has 5 heteroatoms. The number of benzene rings is 2. The molecule has 0 bridgehead atoms. The number of nitrogens with two attached hydrogens (primary N) is 1. The number of hydrogen-bond donors (Lipinski definition) is 2. The van der Waals surface area contributed by atoms with Crippen LogP contribution in [0.5, 0.6) is 0 Å². The van der Waals surface area contributed by atoms with E-state index in [-0.39, 0.29) is 17.6 Å². The number of carbonyl (C=O) groups is 3. The maximum atomic E-state index is 12.5. The van der Waals surface area contributed by atoms with E-state index in [1.165, 1.54) is 0 Å². The first-order chi connectivity index (χ1) is 11.5. The van der Waals surface area contributed by atoms with Gasteiger partial charge < -0.3 is 11.1 Å². The molecule has 0 spiro atoms. The third-order valence-electron chi connectivity index (χ3n) is 4.60. The summed E-state index contributed by atoms with van der Waals surface area (Å²) in [4.78, 5) is 35.9. The molecule has 1 fully saturated rings. The summed E-state index contributed by atoms with van der Waals surface area (Å²) in [6, 6.07) is 12.3. The average molecular weight is 324 g/mol. The Morgan fingerprint density at radius 2 is 1.88 bits per heavy atom. The van der Waals surface area contributed by atoms with Gasteiger partial charge in [0.15, 0.2) is 0 Å². The highest BCUT2D eigenvalue weighted by atomic mass is 16.2. The van der Waals surface area contributed by atoms with Crippen LogP contribution in [-0.4, -0.2) is 23.6 Å². The van der Waals surface area contributed by atoms with Gasteiger partial charge in [0.25, 0.3) is 5.91 Å². The van der Waals surface area contributed by atoms with E-state index in [0.717, 1.165) is 23.6 Å². The monoisotopic (exact) mass is 324 g/mol. The molecule has 3 N–H and O–H groups in total. The van der Waals surface area contributed by atoms with Crippen LogP contribution in [0.15, 0.2) is 42.5 Å². The molecule has 3 rings (SSSR count). The second-order valence-electron chi connectivity index (χ2n) is 6.31. The SMILES string of the molecule is NC(=O)[C@@H](NC(=O)c1ccc2ccccc2c1)[C@@H]1CCCC(=O)C1. The Bertz CT molecular complexity index is 800. The number of nitrogens with one attached hydrogen (secondary N) is 1. The Balaban J connectivity index is 1.79. The molecule has 2 aromatic carbocycles. The summed E-state index contributed by atoms with van der Waals surface area (Å²) >= 11 is 0. The molecule has 0 heterocycles. The van der Waals surface area contributed by atoms with Crippen molar-refractivity contribution >= 4 is 28.4 Å². The Labute approximate surface area is 140 Å². The summed E-state index contributed by atoms with van der Waals surface area (Å²) in [7, 11) is 0. The topological polar surface area (TPSA) is 89.3 Å². The van der Waals surface area contributed by atoms with Gasteiger partial charge in [0.05, 0.1) is 0 Å². The smallest absolute Gasteiger partial charge is 0.251 e. The summed E-state index contributed by atoms with van der Waals surface area (Å²) in [5.74, 6) is -1.03. The molecule has 24 heavy (non-hydrogen) atoms. The van der Waals surface area contributed by atoms with Crippen LogP contribution >= 0.6 is 0 Å². The molecule has 2 aromatic rings. The number of amides is 2. The van der Waals surface area contributed by atoms with Crippen molar-refractivity contribution in [3.8, 4) is 0 Å². The lowest BCUT2D eigenvalue weighted by Gasteiger charge is -2.28. The number of rotatable bonds is 4. The normalized spacial score (nSPS) is 19.0. The number of carbonyl (C=O) groups excluding carboxylic acids is 3. The van der Waals surface area contributed by atoms with E-state index in [1.807, 2.05) is 30.3 Å². The van der Waals surface area contributed by atoms with E-state index in [4.69, 9.17) is 5.73 Å². The average Bonchev–Trinajstić information content (AvgIpc) is 2.58. The van der Waals surface area contributed by atoms with Gasteiger partial charge in [-0.1, -0.05) is 30.3 Å². The second-order valence-corrected chi connectivity index (χ2v) is 6.31. The highest BCUT2D eigenvalue weighted by Crippen LogP contribution is 2.25. The van der Waals surface area contributed by atoms with Crippen molar-refractivity contribution in [2.45, 2.75) is 31.7 Å². The van der Waals surface area contributed by atoms with Gasteiger partial charge in [0, 0.05) is 18.4 Å². The van der Waals surface area contributed by atoms with E-state index in [1.54, 1.807) is 12.1 Å². The van der Waals surface area contributed by atoms with Gasteiger partial charge in [0.1, 0.15) is 11.8 Å². The highest BCUT2D eigenvalue weighted by molar-refractivity contribution is 6.00. The van der Waals surface area contributed by atoms with Crippen molar-refractivity contribution in [3.63, 3.8) is 0 Å². The molecule has 1 aliphatic rings. The van der Waals surface area contributed by atoms with Crippen molar-refractivity contribution in [2.75, 3.05) is 0 Å². The summed E-state index contributed by atoms with van der Waals surface area (Å²) in [5.41, 5.74) is 5.94. The Morgan fingerprint density at radius 1 is 1.12 bits per heavy atom. The largest absolute Gasteiger partial charge is 0.368 e. The van der Waals surface area contributed by atoms with Crippen LogP contribution in [0.1, 0.15) is 36.0 Å². The molecular formula is C19H20N2O3. The quantitative estimate of drug-likeness (QED) is 0.903. The van der Waals surface area contributed by atoms with Crippen LogP contribution in [0.25, 0.3) is 10.8 Å². The number of hydrogen-bond acceptors (Lipinski definition) is 3. The molecule has 124 valence electrons. The van der Waals surface area contributed by atoms with Crippen LogP contribution in [0.2, 0.25) is 0 Å². The van der Waals surface area contributed by atoms with Gasteiger partial charge in [-0.25, -0.2) is 0 Å². The Hall–Kier alpha value is -2.69. The molecule has 1 aliphatic carbocycles. The molecule has 0 radical (unpaired) electrons. The van der Waals surface area contributed by atoms with Crippen molar-refractivity contribution in [3.05, 3.63) is 48.0 Å². The molecule has 5 nitrogen and oxygen atoms in total. The molecule has 0 unspecified atom stereocenters. The molecule has 2 amide bonds. The zero-order valence-corrected chi connectivity index (χ0v) is 13.3. The van der Waals surface area contributed by atoms with E-state index in [0.29, 0.717) is 18.4 Å². The number of fused-ring (bicyclic) bond motifs is 1. The second kappa shape index (κ2) is 6.83. The van der Waals surface area contributed by atoms with E-state index in [9.17, 15) is 14.4 Å².